The standard InChI is InChI=1S/C29H22N2O4/c1-35-22-16-17-24(29(33)34)27(18-22)30-19-25(23-14-8-9-15-26(23)30)28(32)31(20-10-4-2-5-11-20)21-12-6-3-7-13-21/h2-19H,1H3,(H,33,34). The van der Waals surface area contributed by atoms with E-state index in [-0.39, 0.29) is 11.5 Å². The fourth-order valence-corrected chi connectivity index (χ4v) is 4.23. The summed E-state index contributed by atoms with van der Waals surface area (Å²) >= 11 is 0. The van der Waals surface area contributed by atoms with Gasteiger partial charge in [0.2, 0.25) is 0 Å². The zero-order valence-electron chi connectivity index (χ0n) is 19.0. The molecular formula is C29H22N2O4. The third-order valence-electron chi connectivity index (χ3n) is 5.87. The van der Waals surface area contributed by atoms with Gasteiger partial charge in [0.05, 0.1) is 29.4 Å². The Hall–Kier alpha value is -4.84. The lowest BCUT2D eigenvalue weighted by Gasteiger charge is -2.23. The van der Waals surface area contributed by atoms with Crippen molar-refractivity contribution >= 4 is 34.2 Å². The van der Waals surface area contributed by atoms with Crippen molar-refractivity contribution in [2.24, 2.45) is 0 Å². The van der Waals surface area contributed by atoms with Crippen LogP contribution in [0.25, 0.3) is 16.6 Å². The van der Waals surface area contributed by atoms with Gasteiger partial charge < -0.3 is 14.4 Å². The number of aromatic carboxylic acids is 1. The molecule has 0 aliphatic rings. The Balaban J connectivity index is 1.73. The molecule has 6 nitrogen and oxygen atoms in total. The van der Waals surface area contributed by atoms with Crippen LogP contribution in [0.15, 0.2) is 109 Å². The lowest BCUT2D eigenvalue weighted by Crippen LogP contribution is -2.25. The molecule has 4 aromatic carbocycles. The van der Waals surface area contributed by atoms with E-state index >= 15 is 0 Å². The number of hydrogen-bond acceptors (Lipinski definition) is 3. The number of carbonyl (C=O) groups is 2. The summed E-state index contributed by atoms with van der Waals surface area (Å²) in [5.74, 6) is -0.772. The summed E-state index contributed by atoms with van der Waals surface area (Å²) in [5, 5.41) is 10.6. The summed E-state index contributed by atoms with van der Waals surface area (Å²) in [5.41, 5.74) is 3.15. The van der Waals surface area contributed by atoms with Gasteiger partial charge in [0, 0.05) is 29.0 Å². The fourth-order valence-electron chi connectivity index (χ4n) is 4.23. The monoisotopic (exact) mass is 462 g/mol. The summed E-state index contributed by atoms with van der Waals surface area (Å²) in [4.78, 5) is 27.8. The first-order valence-electron chi connectivity index (χ1n) is 11.0. The van der Waals surface area contributed by atoms with E-state index in [4.69, 9.17) is 4.74 Å². The van der Waals surface area contributed by atoms with Crippen LogP contribution in [0.5, 0.6) is 5.75 Å². The maximum atomic E-state index is 14.1. The number of aromatic nitrogens is 1. The molecule has 5 rings (SSSR count). The second kappa shape index (κ2) is 9.19. The molecular weight excluding hydrogens is 440 g/mol. The highest BCUT2D eigenvalue weighted by molar-refractivity contribution is 6.17. The molecule has 0 aliphatic carbocycles. The van der Waals surface area contributed by atoms with Crippen LogP contribution in [0.1, 0.15) is 20.7 Å². The molecule has 35 heavy (non-hydrogen) atoms. The number of fused-ring (bicyclic) bond motifs is 1. The molecule has 0 atom stereocenters. The van der Waals surface area contributed by atoms with Crippen molar-refractivity contribution in [3.05, 3.63) is 120 Å². The normalized spacial score (nSPS) is 10.8. The van der Waals surface area contributed by atoms with E-state index in [2.05, 4.69) is 0 Å². The second-order valence-electron chi connectivity index (χ2n) is 7.93. The highest BCUT2D eigenvalue weighted by Gasteiger charge is 2.25. The minimum Gasteiger partial charge on any atom is -0.497 e. The number of rotatable bonds is 6. The second-order valence-corrected chi connectivity index (χ2v) is 7.93. The number of nitrogens with zero attached hydrogens (tertiary/aromatic N) is 2. The predicted octanol–water partition coefficient (Wildman–Crippen LogP) is 6.32. The number of ether oxygens (including phenoxy) is 1. The number of methoxy groups -OCH3 is 1. The average molecular weight is 463 g/mol. The van der Waals surface area contributed by atoms with Gasteiger partial charge in [-0.05, 0) is 42.5 Å². The number of carbonyl (C=O) groups excluding carboxylic acids is 1. The van der Waals surface area contributed by atoms with E-state index in [9.17, 15) is 14.7 Å². The van der Waals surface area contributed by atoms with E-state index < -0.39 is 5.97 Å². The lowest BCUT2D eigenvalue weighted by molar-refractivity contribution is 0.0696. The average Bonchev–Trinajstić information content (AvgIpc) is 3.29. The van der Waals surface area contributed by atoms with E-state index in [1.165, 1.54) is 13.2 Å². The van der Waals surface area contributed by atoms with Crippen LogP contribution in [0.4, 0.5) is 11.4 Å². The number of anilines is 2. The molecule has 0 fully saturated rings. The van der Waals surface area contributed by atoms with Crippen LogP contribution in [-0.2, 0) is 0 Å². The number of amides is 1. The first-order valence-corrected chi connectivity index (χ1v) is 11.0. The first-order chi connectivity index (χ1) is 17.1. The van der Waals surface area contributed by atoms with Crippen molar-refractivity contribution in [3.8, 4) is 11.4 Å². The van der Waals surface area contributed by atoms with Gasteiger partial charge in [-0.1, -0.05) is 54.6 Å². The smallest absolute Gasteiger partial charge is 0.337 e. The quantitative estimate of drug-likeness (QED) is 0.321. The Morgan fingerprint density at radius 3 is 1.97 bits per heavy atom. The van der Waals surface area contributed by atoms with Gasteiger partial charge in [-0.2, -0.15) is 0 Å². The molecule has 0 saturated carbocycles. The predicted molar refractivity (Wildman–Crippen MR) is 136 cm³/mol. The van der Waals surface area contributed by atoms with E-state index in [1.807, 2.05) is 84.9 Å². The van der Waals surface area contributed by atoms with Gasteiger partial charge in [-0.25, -0.2) is 4.79 Å². The van der Waals surface area contributed by atoms with E-state index in [0.717, 1.165) is 11.4 Å². The molecule has 0 spiro atoms. The van der Waals surface area contributed by atoms with Crippen LogP contribution >= 0.6 is 0 Å². The van der Waals surface area contributed by atoms with Crippen molar-refractivity contribution in [1.29, 1.82) is 0 Å². The number of para-hydroxylation sites is 3. The third kappa shape index (κ3) is 4.02. The summed E-state index contributed by atoms with van der Waals surface area (Å²) < 4.78 is 7.09. The molecule has 172 valence electrons. The first kappa shape index (κ1) is 22.0. The summed E-state index contributed by atoms with van der Waals surface area (Å²) in [6.45, 7) is 0. The van der Waals surface area contributed by atoms with Gasteiger partial charge in [-0.3, -0.25) is 9.69 Å². The van der Waals surface area contributed by atoms with Crippen LogP contribution < -0.4 is 9.64 Å². The molecule has 0 saturated heterocycles. The molecule has 0 aliphatic heterocycles. The number of hydrogen-bond donors (Lipinski definition) is 1. The molecule has 1 N–H and O–H groups in total. The van der Waals surface area contributed by atoms with Crippen molar-refractivity contribution in [3.63, 3.8) is 0 Å². The molecule has 0 bridgehead atoms. The maximum absolute atomic E-state index is 14.1. The van der Waals surface area contributed by atoms with Crippen molar-refractivity contribution in [2.45, 2.75) is 0 Å². The Kier molecular flexibility index (Phi) is 5.77. The molecule has 6 heteroatoms. The van der Waals surface area contributed by atoms with Crippen molar-refractivity contribution in [1.82, 2.24) is 4.57 Å². The Labute approximate surface area is 202 Å². The molecule has 1 aromatic heterocycles. The zero-order chi connectivity index (χ0) is 24.4. The topological polar surface area (TPSA) is 71.8 Å². The highest BCUT2D eigenvalue weighted by Crippen LogP contribution is 2.33. The van der Waals surface area contributed by atoms with Crippen LogP contribution in [0.2, 0.25) is 0 Å². The third-order valence-corrected chi connectivity index (χ3v) is 5.87. The summed E-state index contributed by atoms with van der Waals surface area (Å²) in [6.07, 6.45) is 1.70. The molecule has 5 aromatic rings. The largest absolute Gasteiger partial charge is 0.497 e. The fraction of sp³-hybridized carbons (Fsp3) is 0.0345. The van der Waals surface area contributed by atoms with Crippen LogP contribution in [0.3, 0.4) is 0 Å². The lowest BCUT2D eigenvalue weighted by atomic mass is 10.1. The highest BCUT2D eigenvalue weighted by atomic mass is 16.5. The minimum absolute atomic E-state index is 0.105. The van der Waals surface area contributed by atoms with Crippen LogP contribution in [0, 0.1) is 0 Å². The van der Waals surface area contributed by atoms with Crippen molar-refractivity contribution in [2.75, 3.05) is 12.0 Å². The molecule has 0 unspecified atom stereocenters. The molecule has 1 heterocycles. The molecule has 0 radical (unpaired) electrons. The number of benzene rings is 4. The zero-order valence-corrected chi connectivity index (χ0v) is 19.0. The van der Waals surface area contributed by atoms with E-state index in [0.29, 0.717) is 27.9 Å². The Bertz CT molecular complexity index is 1490. The van der Waals surface area contributed by atoms with Gasteiger partial charge in [0.25, 0.3) is 5.91 Å². The van der Waals surface area contributed by atoms with Gasteiger partial charge in [0.15, 0.2) is 0 Å². The minimum atomic E-state index is -1.07. The summed E-state index contributed by atoms with van der Waals surface area (Å²) in [7, 11) is 1.53. The van der Waals surface area contributed by atoms with Gasteiger partial charge in [0.1, 0.15) is 5.75 Å². The maximum Gasteiger partial charge on any atom is 0.337 e. The SMILES string of the molecule is COc1ccc(C(=O)O)c(-n2cc(C(=O)N(c3ccccc3)c3ccccc3)c3ccccc32)c1. The van der Waals surface area contributed by atoms with Gasteiger partial charge >= 0.3 is 5.97 Å². The van der Waals surface area contributed by atoms with Crippen LogP contribution in [-0.4, -0.2) is 28.7 Å². The molecule has 1 amide bonds. The van der Waals surface area contributed by atoms with E-state index in [1.54, 1.807) is 27.8 Å². The number of carboxylic acids is 1. The Morgan fingerprint density at radius 2 is 1.37 bits per heavy atom. The van der Waals surface area contributed by atoms with Gasteiger partial charge in [-0.15, -0.1) is 0 Å². The Morgan fingerprint density at radius 1 is 0.771 bits per heavy atom. The summed E-state index contributed by atoms with van der Waals surface area (Å²) in [6, 6.07) is 31.1. The van der Waals surface area contributed by atoms with Crippen molar-refractivity contribution < 1.29 is 19.4 Å². The number of carboxylic acid groups (broad SMARTS) is 1.